The predicted molar refractivity (Wildman–Crippen MR) is 86.8 cm³/mol. The second kappa shape index (κ2) is 5.51. The van der Waals surface area contributed by atoms with Crippen molar-refractivity contribution in [1.29, 1.82) is 0 Å². The van der Waals surface area contributed by atoms with E-state index in [4.69, 9.17) is 0 Å². The molecule has 0 aliphatic carbocycles. The van der Waals surface area contributed by atoms with Crippen molar-refractivity contribution in [3.63, 3.8) is 0 Å². The zero-order valence-corrected chi connectivity index (χ0v) is 19.9. The molecule has 0 spiro atoms. The number of rotatable bonds is 3. The molecule has 0 aromatic carbocycles. The molecule has 1 nitrogen and oxygen atoms in total. The van der Waals surface area contributed by atoms with Crippen molar-refractivity contribution in [2.45, 2.75) is 75.1 Å². The molecule has 0 saturated heterocycles. The summed E-state index contributed by atoms with van der Waals surface area (Å²) in [5, 5.41) is 0. The molecule has 0 fully saturated rings. The molecule has 0 rings (SSSR count). The third-order valence-corrected chi connectivity index (χ3v) is 57.2. The molecular formula is C14H35NSn2. The summed E-state index contributed by atoms with van der Waals surface area (Å²) in [6.45, 7) is 18.5. The minimum atomic E-state index is -2.19. The van der Waals surface area contributed by atoms with Crippen molar-refractivity contribution in [3.05, 3.63) is 0 Å². The molecule has 0 unspecified atom stereocenters. The third-order valence-electron chi connectivity index (χ3n) is 5.34. The first-order chi connectivity index (χ1) is 7.19. The molecular weight excluding hydrogens is 420 g/mol. The van der Waals surface area contributed by atoms with Crippen molar-refractivity contribution in [3.8, 4) is 0 Å². The Balaban J connectivity index is 5.52. The Morgan fingerprint density at radius 2 is 0.941 bits per heavy atom. The van der Waals surface area contributed by atoms with E-state index in [2.05, 4.69) is 69.6 Å². The SMILES string of the molecule is CC[N]([Sn]([CH3])([CH3])[C](C)(C)C)[Sn]([CH3])([CH3])[C](C)(C)C. The fraction of sp³-hybridized carbons (Fsp3) is 1.00. The van der Waals surface area contributed by atoms with E-state index in [0.717, 1.165) is 0 Å². The summed E-state index contributed by atoms with van der Waals surface area (Å²) >= 11 is -4.37. The number of hydrogen-bond acceptors (Lipinski definition) is 1. The molecule has 0 radical (unpaired) electrons. The predicted octanol–water partition coefficient (Wildman–Crippen LogP) is 5.32. The molecule has 0 aromatic heterocycles. The zero-order valence-electron chi connectivity index (χ0n) is 14.2. The van der Waals surface area contributed by atoms with E-state index in [1.54, 1.807) is 0 Å². The van der Waals surface area contributed by atoms with Gasteiger partial charge in [-0.1, -0.05) is 0 Å². The van der Waals surface area contributed by atoms with Crippen molar-refractivity contribution in [1.82, 2.24) is 1.34 Å². The van der Waals surface area contributed by atoms with Crippen molar-refractivity contribution >= 4 is 37.3 Å². The van der Waals surface area contributed by atoms with Crippen molar-refractivity contribution in [2.75, 3.05) is 6.54 Å². The molecule has 0 aliphatic heterocycles. The van der Waals surface area contributed by atoms with E-state index in [1.807, 2.05) is 0 Å². The van der Waals surface area contributed by atoms with Gasteiger partial charge in [0.2, 0.25) is 0 Å². The van der Waals surface area contributed by atoms with Crippen LogP contribution >= 0.6 is 0 Å². The molecule has 17 heavy (non-hydrogen) atoms. The van der Waals surface area contributed by atoms with E-state index in [-0.39, 0.29) is 0 Å². The van der Waals surface area contributed by atoms with Gasteiger partial charge in [0.25, 0.3) is 0 Å². The van der Waals surface area contributed by atoms with Crippen LogP contribution in [0, 0.1) is 0 Å². The van der Waals surface area contributed by atoms with Crippen LogP contribution in [-0.4, -0.2) is 45.2 Å². The zero-order chi connectivity index (χ0) is 14.3. The van der Waals surface area contributed by atoms with Gasteiger partial charge < -0.3 is 0 Å². The Hall–Kier alpha value is 1.56. The fourth-order valence-electron chi connectivity index (χ4n) is 2.30. The molecule has 3 heteroatoms. The van der Waals surface area contributed by atoms with Crippen LogP contribution in [0.3, 0.4) is 0 Å². The van der Waals surface area contributed by atoms with Crippen LogP contribution in [0.1, 0.15) is 48.5 Å². The normalized spacial score (nSPS) is 15.5. The number of nitrogens with zero attached hydrogens (tertiary/aromatic N) is 1. The van der Waals surface area contributed by atoms with Crippen LogP contribution in [0.15, 0.2) is 0 Å². The van der Waals surface area contributed by atoms with Crippen LogP contribution in [-0.2, 0) is 0 Å². The molecule has 0 bridgehead atoms. The second-order valence-corrected chi connectivity index (χ2v) is 41.4. The van der Waals surface area contributed by atoms with Crippen molar-refractivity contribution < 1.29 is 0 Å². The average Bonchev–Trinajstić information content (AvgIpc) is 1.99. The fourth-order valence-corrected chi connectivity index (χ4v) is 55.0. The van der Waals surface area contributed by atoms with E-state index in [0.29, 0.717) is 6.86 Å². The standard InChI is InChI=1S/2C4H9.C2H5N.4CH3.2Sn/c2*1-4(2)3;1-2-3;;;;;;/h2*1-3H3;2H2,1H3;4*1H3;;. The maximum absolute atomic E-state index is 3.09. The molecule has 0 aromatic rings. The van der Waals surface area contributed by atoms with Crippen LogP contribution < -0.4 is 0 Å². The quantitative estimate of drug-likeness (QED) is 0.522. The summed E-state index contributed by atoms with van der Waals surface area (Å²) in [7, 11) is 0. The van der Waals surface area contributed by atoms with E-state index >= 15 is 0 Å². The first-order valence-electron chi connectivity index (χ1n) is 6.97. The number of hydrogen-bond donors (Lipinski definition) is 0. The minimum absolute atomic E-state index is 0.532. The monoisotopic (exact) mass is 457 g/mol. The van der Waals surface area contributed by atoms with Gasteiger partial charge >= 0.3 is 120 Å². The molecule has 0 atom stereocenters. The van der Waals surface area contributed by atoms with Gasteiger partial charge in [0.1, 0.15) is 0 Å². The molecule has 0 heterocycles. The molecule has 104 valence electrons. The van der Waals surface area contributed by atoms with Crippen LogP contribution in [0.4, 0.5) is 0 Å². The molecule has 0 amide bonds. The van der Waals surface area contributed by atoms with Gasteiger partial charge in [0.15, 0.2) is 0 Å². The van der Waals surface area contributed by atoms with Gasteiger partial charge in [-0.15, -0.1) is 0 Å². The van der Waals surface area contributed by atoms with Crippen LogP contribution in [0.5, 0.6) is 0 Å². The van der Waals surface area contributed by atoms with Gasteiger partial charge in [0, 0.05) is 0 Å². The third kappa shape index (κ3) is 3.77. The van der Waals surface area contributed by atoms with Gasteiger partial charge in [-0.05, 0) is 0 Å². The molecule has 0 saturated carbocycles. The Morgan fingerprint density at radius 3 is 1.06 bits per heavy atom. The summed E-state index contributed by atoms with van der Waals surface area (Å²) in [4.78, 5) is 10.6. The Morgan fingerprint density at radius 1 is 0.706 bits per heavy atom. The van der Waals surface area contributed by atoms with Crippen molar-refractivity contribution in [2.24, 2.45) is 0 Å². The summed E-state index contributed by atoms with van der Waals surface area (Å²) in [6.07, 6.45) is 0. The first kappa shape index (κ1) is 18.6. The van der Waals surface area contributed by atoms with Gasteiger partial charge in [0.05, 0.1) is 0 Å². The van der Waals surface area contributed by atoms with E-state index in [9.17, 15) is 0 Å². The van der Waals surface area contributed by atoms with Gasteiger partial charge in [-0.2, -0.15) is 0 Å². The molecule has 0 aliphatic rings. The topological polar surface area (TPSA) is 3.24 Å². The Kier molecular flexibility index (Phi) is 6.01. The van der Waals surface area contributed by atoms with E-state index in [1.165, 1.54) is 6.54 Å². The maximum atomic E-state index is 3.09. The van der Waals surface area contributed by atoms with Gasteiger partial charge in [-0.25, -0.2) is 0 Å². The molecule has 0 N–H and O–H groups in total. The Labute approximate surface area is 119 Å². The summed E-state index contributed by atoms with van der Waals surface area (Å²) in [5.74, 6) is 0. The van der Waals surface area contributed by atoms with Crippen LogP contribution in [0.2, 0.25) is 26.6 Å². The summed E-state index contributed by atoms with van der Waals surface area (Å²) < 4.78 is 4.15. The van der Waals surface area contributed by atoms with E-state index < -0.39 is 37.3 Å². The second-order valence-electron chi connectivity index (χ2n) is 8.36. The Bertz CT molecular complexity index is 230. The average molecular weight is 455 g/mol. The summed E-state index contributed by atoms with van der Waals surface area (Å²) in [5.41, 5.74) is 0. The summed E-state index contributed by atoms with van der Waals surface area (Å²) in [6, 6.07) is 0. The van der Waals surface area contributed by atoms with Gasteiger partial charge in [-0.3, -0.25) is 0 Å². The van der Waals surface area contributed by atoms with Crippen LogP contribution in [0.25, 0.3) is 0 Å². The first-order valence-corrected chi connectivity index (χ1v) is 23.8.